The molecule has 0 atom stereocenters. The molecule has 2 aromatic rings. The van der Waals surface area contributed by atoms with Gasteiger partial charge in [-0.2, -0.15) is 4.31 Å². The molecule has 164 valence electrons. The lowest BCUT2D eigenvalue weighted by Gasteiger charge is -2.20. The summed E-state index contributed by atoms with van der Waals surface area (Å²) in [5.41, 5.74) is 1.97. The van der Waals surface area contributed by atoms with Crippen molar-refractivity contribution >= 4 is 33.2 Å². The first-order chi connectivity index (χ1) is 14.6. The van der Waals surface area contributed by atoms with E-state index in [1.54, 1.807) is 32.0 Å². The number of nitrogens with one attached hydrogen (secondary N) is 1. The lowest BCUT2D eigenvalue weighted by Crippen LogP contribution is -2.40. The molecule has 8 heteroatoms. The number of carbonyl (C=O) groups excluding carboxylic acids is 2. The number of fused-ring (bicyclic) bond motifs is 1. The van der Waals surface area contributed by atoms with E-state index < -0.39 is 15.4 Å². The molecule has 1 fully saturated rings. The van der Waals surface area contributed by atoms with Gasteiger partial charge in [-0.25, -0.2) is 8.42 Å². The first-order valence-electron chi connectivity index (χ1n) is 10.4. The van der Waals surface area contributed by atoms with Gasteiger partial charge in [-0.05, 0) is 75.1 Å². The molecule has 2 aliphatic heterocycles. The van der Waals surface area contributed by atoms with Gasteiger partial charge in [0.25, 0.3) is 0 Å². The van der Waals surface area contributed by atoms with E-state index in [1.807, 2.05) is 25.1 Å². The molecule has 7 nitrogen and oxygen atoms in total. The third-order valence-corrected chi connectivity index (χ3v) is 7.91. The van der Waals surface area contributed by atoms with Gasteiger partial charge in [0.1, 0.15) is 6.54 Å². The Balaban J connectivity index is 1.61. The van der Waals surface area contributed by atoms with Crippen LogP contribution in [0.3, 0.4) is 0 Å². The second-order valence-corrected chi connectivity index (χ2v) is 10.7. The minimum absolute atomic E-state index is 0.137. The summed E-state index contributed by atoms with van der Waals surface area (Å²) in [6.45, 7) is 6.37. The number of aryl methyl sites for hydroxylation is 1. The molecule has 0 saturated carbocycles. The Hall–Kier alpha value is -2.71. The smallest absolute Gasteiger partial charge is 0.244 e. The van der Waals surface area contributed by atoms with Crippen molar-refractivity contribution in [3.8, 4) is 0 Å². The van der Waals surface area contributed by atoms with E-state index >= 15 is 0 Å². The summed E-state index contributed by atoms with van der Waals surface area (Å²) in [5.74, 6) is -0.533. The van der Waals surface area contributed by atoms with Crippen LogP contribution in [0.25, 0.3) is 0 Å². The Morgan fingerprint density at radius 3 is 2.48 bits per heavy atom. The topological polar surface area (TPSA) is 86.8 Å². The molecule has 2 aliphatic rings. The van der Waals surface area contributed by atoms with Crippen molar-refractivity contribution in [2.45, 2.75) is 43.9 Å². The number of carbonyl (C=O) groups is 2. The fourth-order valence-electron chi connectivity index (χ4n) is 4.28. The first-order valence-corrected chi connectivity index (χ1v) is 11.9. The highest BCUT2D eigenvalue weighted by Crippen LogP contribution is 2.42. The van der Waals surface area contributed by atoms with Crippen LogP contribution >= 0.6 is 0 Å². The zero-order valence-corrected chi connectivity index (χ0v) is 18.8. The van der Waals surface area contributed by atoms with E-state index in [9.17, 15) is 18.0 Å². The van der Waals surface area contributed by atoms with Crippen molar-refractivity contribution in [3.05, 3.63) is 53.6 Å². The van der Waals surface area contributed by atoms with Gasteiger partial charge < -0.3 is 10.2 Å². The molecule has 31 heavy (non-hydrogen) atoms. The number of benzene rings is 2. The Morgan fingerprint density at radius 1 is 1.10 bits per heavy atom. The largest absolute Gasteiger partial charge is 0.325 e. The van der Waals surface area contributed by atoms with Crippen LogP contribution in [-0.2, 0) is 25.0 Å². The molecule has 0 spiro atoms. The molecule has 1 saturated heterocycles. The predicted octanol–water partition coefficient (Wildman–Crippen LogP) is 3.04. The van der Waals surface area contributed by atoms with Gasteiger partial charge in [0.2, 0.25) is 21.8 Å². The monoisotopic (exact) mass is 441 g/mol. The number of sulfonamides is 1. The van der Waals surface area contributed by atoms with E-state index in [0.717, 1.165) is 18.4 Å². The summed E-state index contributed by atoms with van der Waals surface area (Å²) in [5, 5.41) is 2.83. The number of hydrogen-bond acceptors (Lipinski definition) is 4. The van der Waals surface area contributed by atoms with E-state index in [-0.39, 0.29) is 23.3 Å². The highest BCUT2D eigenvalue weighted by atomic mass is 32.2. The van der Waals surface area contributed by atoms with E-state index in [1.165, 1.54) is 15.3 Å². The van der Waals surface area contributed by atoms with Crippen LogP contribution in [0.5, 0.6) is 0 Å². The van der Waals surface area contributed by atoms with Gasteiger partial charge in [0.05, 0.1) is 10.3 Å². The minimum Gasteiger partial charge on any atom is -0.325 e. The zero-order valence-electron chi connectivity index (χ0n) is 18.0. The SMILES string of the molecule is Cc1cccc(NC(=O)CN2C(=O)C(C)(C)c3cc(S(=O)(=O)N4CCCC4)ccc32)c1. The predicted molar refractivity (Wildman–Crippen MR) is 120 cm³/mol. The molecule has 0 aliphatic carbocycles. The second-order valence-electron chi connectivity index (χ2n) is 8.72. The Kier molecular flexibility index (Phi) is 5.39. The van der Waals surface area contributed by atoms with Crippen molar-refractivity contribution < 1.29 is 18.0 Å². The lowest BCUT2D eigenvalue weighted by atomic mass is 9.86. The lowest BCUT2D eigenvalue weighted by molar-refractivity contribution is -0.124. The molecule has 0 aromatic heterocycles. The zero-order chi connectivity index (χ0) is 22.4. The maximum atomic E-state index is 13.1. The molecular formula is C23H27N3O4S. The Bertz CT molecular complexity index is 1150. The summed E-state index contributed by atoms with van der Waals surface area (Å²) >= 11 is 0. The number of amides is 2. The van der Waals surface area contributed by atoms with Crippen LogP contribution in [0.15, 0.2) is 47.4 Å². The Labute approximate surface area is 183 Å². The van der Waals surface area contributed by atoms with Gasteiger partial charge in [-0.15, -0.1) is 0 Å². The molecule has 0 unspecified atom stereocenters. The van der Waals surface area contributed by atoms with Crippen molar-refractivity contribution in [2.75, 3.05) is 29.9 Å². The van der Waals surface area contributed by atoms with E-state index in [4.69, 9.17) is 0 Å². The van der Waals surface area contributed by atoms with Crippen LogP contribution in [0.2, 0.25) is 0 Å². The Morgan fingerprint density at radius 2 is 1.81 bits per heavy atom. The van der Waals surface area contributed by atoms with Gasteiger partial charge in [-0.3, -0.25) is 9.59 Å². The van der Waals surface area contributed by atoms with Crippen molar-refractivity contribution in [3.63, 3.8) is 0 Å². The summed E-state index contributed by atoms with van der Waals surface area (Å²) in [6, 6.07) is 12.2. The van der Waals surface area contributed by atoms with Crippen LogP contribution in [0, 0.1) is 6.92 Å². The van der Waals surface area contributed by atoms with Crippen molar-refractivity contribution in [2.24, 2.45) is 0 Å². The van der Waals surface area contributed by atoms with Gasteiger partial charge in [-0.1, -0.05) is 12.1 Å². The van der Waals surface area contributed by atoms with Gasteiger partial charge in [0, 0.05) is 24.5 Å². The van der Waals surface area contributed by atoms with E-state index in [2.05, 4.69) is 5.32 Å². The summed E-state index contributed by atoms with van der Waals surface area (Å²) in [7, 11) is -3.59. The summed E-state index contributed by atoms with van der Waals surface area (Å²) in [4.78, 5) is 27.4. The van der Waals surface area contributed by atoms with Gasteiger partial charge in [0.15, 0.2) is 0 Å². The maximum Gasteiger partial charge on any atom is 0.244 e. The number of anilines is 2. The van der Waals surface area contributed by atoms with E-state index in [0.29, 0.717) is 30.0 Å². The molecule has 0 radical (unpaired) electrons. The first kappa shape index (κ1) is 21.5. The fraction of sp³-hybridized carbons (Fsp3) is 0.391. The summed E-state index contributed by atoms with van der Waals surface area (Å²) < 4.78 is 27.5. The maximum absolute atomic E-state index is 13.1. The van der Waals surface area contributed by atoms with Crippen LogP contribution in [-0.4, -0.2) is 44.2 Å². The number of nitrogens with zero attached hydrogens (tertiary/aromatic N) is 2. The molecule has 4 rings (SSSR count). The highest BCUT2D eigenvalue weighted by Gasteiger charge is 2.45. The van der Waals surface area contributed by atoms with Crippen LogP contribution in [0.1, 0.15) is 37.8 Å². The normalized spacial score (nSPS) is 18.3. The van der Waals surface area contributed by atoms with Gasteiger partial charge >= 0.3 is 0 Å². The van der Waals surface area contributed by atoms with Crippen molar-refractivity contribution in [1.82, 2.24) is 4.31 Å². The average Bonchev–Trinajstić information content (AvgIpc) is 3.32. The minimum atomic E-state index is -3.59. The third-order valence-electron chi connectivity index (χ3n) is 6.02. The molecule has 2 aromatic carbocycles. The molecule has 1 N–H and O–H groups in total. The summed E-state index contributed by atoms with van der Waals surface area (Å²) in [6.07, 6.45) is 1.72. The van der Waals surface area contributed by atoms with Crippen molar-refractivity contribution in [1.29, 1.82) is 0 Å². The fourth-order valence-corrected chi connectivity index (χ4v) is 5.82. The van der Waals surface area contributed by atoms with Crippen LogP contribution in [0.4, 0.5) is 11.4 Å². The molecule has 2 amide bonds. The number of hydrogen-bond donors (Lipinski definition) is 1. The highest BCUT2D eigenvalue weighted by molar-refractivity contribution is 7.89. The molecule has 2 heterocycles. The molecule has 0 bridgehead atoms. The second kappa shape index (κ2) is 7.76. The third kappa shape index (κ3) is 3.85. The van der Waals surface area contributed by atoms with Crippen LogP contribution < -0.4 is 10.2 Å². The standard InChI is InChI=1S/C23H27N3O4S/c1-16-7-6-8-17(13-16)24-21(27)15-26-20-10-9-18(14-19(20)23(2,3)22(26)28)31(29,30)25-11-4-5-12-25/h6-10,13-14H,4-5,11-12,15H2,1-3H3,(H,24,27). The molecular weight excluding hydrogens is 414 g/mol. The number of rotatable bonds is 5. The quantitative estimate of drug-likeness (QED) is 0.773. The average molecular weight is 442 g/mol.